The number of rotatable bonds is 4. The summed E-state index contributed by atoms with van der Waals surface area (Å²) in [7, 11) is 2.90. The zero-order valence-electron chi connectivity index (χ0n) is 16.0. The average Bonchev–Trinajstić information content (AvgIpc) is 3.16. The Balaban J connectivity index is 1.57. The molecule has 30 heavy (non-hydrogen) atoms. The van der Waals surface area contributed by atoms with Crippen LogP contribution >= 0.6 is 22.9 Å². The number of thiazole rings is 1. The van der Waals surface area contributed by atoms with E-state index in [1.165, 1.54) is 42.1 Å². The van der Waals surface area contributed by atoms with Crippen LogP contribution in [0.3, 0.4) is 0 Å². The maximum atomic E-state index is 12.6. The monoisotopic (exact) mass is 441 g/mol. The Morgan fingerprint density at radius 3 is 2.73 bits per heavy atom. The summed E-state index contributed by atoms with van der Waals surface area (Å²) >= 11 is 7.36. The minimum absolute atomic E-state index is 0.0809. The topological polar surface area (TPSA) is 98.9 Å². The summed E-state index contributed by atoms with van der Waals surface area (Å²) in [6.45, 7) is 0. The molecule has 4 rings (SSSR count). The van der Waals surface area contributed by atoms with E-state index in [9.17, 15) is 14.4 Å². The van der Waals surface area contributed by atoms with E-state index in [-0.39, 0.29) is 16.7 Å². The zero-order chi connectivity index (χ0) is 21.4. The Hall–Kier alpha value is -3.30. The first-order valence-electron chi connectivity index (χ1n) is 8.91. The summed E-state index contributed by atoms with van der Waals surface area (Å²) in [5, 5.41) is 4.06. The van der Waals surface area contributed by atoms with Gasteiger partial charge in [0.1, 0.15) is 11.3 Å². The molecule has 0 aliphatic carbocycles. The average molecular weight is 442 g/mol. The number of fused-ring (bicyclic) bond motifs is 1. The highest BCUT2D eigenvalue weighted by atomic mass is 35.5. The molecule has 0 fully saturated rings. The SMILES string of the molecule is Cn1c(=O)c2ccc(C(=O)Nc3ncc(Cc4cccc(Cl)c4)s3)nc2n(C)c1=O. The Kier molecular flexibility index (Phi) is 5.23. The molecule has 0 spiro atoms. The smallest absolute Gasteiger partial charge is 0.296 e. The van der Waals surface area contributed by atoms with E-state index in [4.69, 9.17) is 11.6 Å². The van der Waals surface area contributed by atoms with Crippen molar-refractivity contribution >= 4 is 45.0 Å². The van der Waals surface area contributed by atoms with Crippen molar-refractivity contribution in [1.82, 2.24) is 19.1 Å². The zero-order valence-corrected chi connectivity index (χ0v) is 17.6. The number of hydrogen-bond acceptors (Lipinski definition) is 6. The molecule has 8 nitrogen and oxygen atoms in total. The standard InChI is InChI=1S/C20H16ClN5O3S/c1-25-16-14(18(28)26(2)20(25)29)6-7-15(23-16)17(27)24-19-22-10-13(30-19)9-11-4-3-5-12(21)8-11/h3-8,10H,9H2,1-2H3,(H,22,24,27). The highest BCUT2D eigenvalue weighted by molar-refractivity contribution is 7.15. The molecule has 0 bridgehead atoms. The maximum Gasteiger partial charge on any atom is 0.332 e. The van der Waals surface area contributed by atoms with Crippen molar-refractivity contribution in [3.63, 3.8) is 0 Å². The third kappa shape index (κ3) is 3.77. The molecule has 3 aromatic heterocycles. The van der Waals surface area contributed by atoms with Crippen molar-refractivity contribution in [3.05, 3.63) is 84.6 Å². The molecule has 3 heterocycles. The second kappa shape index (κ2) is 7.85. The van der Waals surface area contributed by atoms with Gasteiger partial charge in [0.05, 0.1) is 5.39 Å². The van der Waals surface area contributed by atoms with Crippen LogP contribution < -0.4 is 16.6 Å². The fourth-order valence-corrected chi connectivity index (χ4v) is 4.09. The van der Waals surface area contributed by atoms with Crippen molar-refractivity contribution in [2.75, 3.05) is 5.32 Å². The third-order valence-corrected chi connectivity index (χ3v) is 5.72. The van der Waals surface area contributed by atoms with Crippen LogP contribution in [-0.4, -0.2) is 25.0 Å². The van der Waals surface area contributed by atoms with E-state index in [1.807, 2.05) is 24.3 Å². The van der Waals surface area contributed by atoms with Crippen molar-refractivity contribution in [1.29, 1.82) is 0 Å². The van der Waals surface area contributed by atoms with Crippen LogP contribution in [0.5, 0.6) is 0 Å². The molecule has 0 saturated carbocycles. The molecule has 4 aromatic rings. The first kappa shape index (κ1) is 20.0. The fraction of sp³-hybridized carbons (Fsp3) is 0.150. The van der Waals surface area contributed by atoms with Crippen LogP contribution in [0.15, 0.2) is 52.2 Å². The first-order valence-corrected chi connectivity index (χ1v) is 10.1. The van der Waals surface area contributed by atoms with E-state index < -0.39 is 17.2 Å². The van der Waals surface area contributed by atoms with Crippen molar-refractivity contribution in [3.8, 4) is 0 Å². The molecule has 0 saturated heterocycles. The fourth-order valence-electron chi connectivity index (χ4n) is 3.04. The van der Waals surface area contributed by atoms with Crippen LogP contribution in [0.25, 0.3) is 11.0 Å². The summed E-state index contributed by atoms with van der Waals surface area (Å²) in [6, 6.07) is 10.5. The molecule has 1 N–H and O–H groups in total. The molecule has 0 atom stereocenters. The van der Waals surface area contributed by atoms with Gasteiger partial charge in [0.15, 0.2) is 5.13 Å². The van der Waals surface area contributed by atoms with E-state index in [0.717, 1.165) is 15.0 Å². The van der Waals surface area contributed by atoms with Gasteiger partial charge < -0.3 is 0 Å². The lowest BCUT2D eigenvalue weighted by molar-refractivity contribution is 0.102. The molecule has 10 heteroatoms. The molecular weight excluding hydrogens is 426 g/mol. The number of benzene rings is 1. The quantitative estimate of drug-likeness (QED) is 0.524. The predicted molar refractivity (Wildman–Crippen MR) is 117 cm³/mol. The normalized spacial score (nSPS) is 11.0. The van der Waals surface area contributed by atoms with Gasteiger partial charge in [-0.2, -0.15) is 0 Å². The van der Waals surface area contributed by atoms with Crippen LogP contribution in [-0.2, 0) is 20.5 Å². The van der Waals surface area contributed by atoms with E-state index in [0.29, 0.717) is 16.6 Å². The van der Waals surface area contributed by atoms with Crippen LogP contribution in [0.4, 0.5) is 5.13 Å². The molecule has 1 aromatic carbocycles. The van der Waals surface area contributed by atoms with Crippen molar-refractivity contribution in [2.45, 2.75) is 6.42 Å². The van der Waals surface area contributed by atoms with Crippen LogP contribution in [0, 0.1) is 0 Å². The van der Waals surface area contributed by atoms with E-state index in [1.54, 1.807) is 6.20 Å². The number of halogens is 1. The summed E-state index contributed by atoms with van der Waals surface area (Å²) < 4.78 is 2.24. The van der Waals surface area contributed by atoms with Gasteiger partial charge in [-0.15, -0.1) is 11.3 Å². The lowest BCUT2D eigenvalue weighted by atomic mass is 10.1. The maximum absolute atomic E-state index is 12.6. The van der Waals surface area contributed by atoms with Crippen molar-refractivity contribution in [2.24, 2.45) is 14.1 Å². The number of hydrogen-bond donors (Lipinski definition) is 1. The number of amides is 1. The minimum atomic E-state index is -0.511. The van der Waals surface area contributed by atoms with Gasteiger partial charge in [-0.3, -0.25) is 24.0 Å². The highest BCUT2D eigenvalue weighted by Gasteiger charge is 2.15. The number of carbonyl (C=O) groups is 1. The van der Waals surface area contributed by atoms with Gasteiger partial charge in [-0.1, -0.05) is 23.7 Å². The lowest BCUT2D eigenvalue weighted by Gasteiger charge is -2.08. The second-order valence-electron chi connectivity index (χ2n) is 6.67. The Morgan fingerprint density at radius 1 is 1.17 bits per heavy atom. The molecule has 0 aliphatic heterocycles. The number of pyridine rings is 1. The Labute approximate surface area is 179 Å². The highest BCUT2D eigenvalue weighted by Crippen LogP contribution is 2.23. The number of nitrogens with zero attached hydrogens (tertiary/aromatic N) is 4. The molecule has 152 valence electrons. The van der Waals surface area contributed by atoms with Crippen LogP contribution in [0.2, 0.25) is 5.02 Å². The van der Waals surface area contributed by atoms with Gasteiger partial charge in [-0.25, -0.2) is 14.8 Å². The molecule has 0 unspecified atom stereocenters. The molecule has 1 amide bonds. The first-order chi connectivity index (χ1) is 14.3. The Bertz CT molecular complexity index is 1410. The lowest BCUT2D eigenvalue weighted by Crippen LogP contribution is -2.37. The van der Waals surface area contributed by atoms with Gasteiger partial charge in [0, 0.05) is 36.6 Å². The second-order valence-corrected chi connectivity index (χ2v) is 8.22. The van der Waals surface area contributed by atoms with E-state index in [2.05, 4.69) is 15.3 Å². The number of aromatic nitrogens is 4. The van der Waals surface area contributed by atoms with Gasteiger partial charge in [-0.05, 0) is 29.8 Å². The summed E-state index contributed by atoms with van der Waals surface area (Å²) in [4.78, 5) is 46.4. The Morgan fingerprint density at radius 2 is 1.97 bits per heavy atom. The molecule has 0 aliphatic rings. The van der Waals surface area contributed by atoms with Gasteiger partial charge >= 0.3 is 5.69 Å². The molecule has 0 radical (unpaired) electrons. The van der Waals surface area contributed by atoms with Crippen LogP contribution in [0.1, 0.15) is 20.9 Å². The van der Waals surface area contributed by atoms with Gasteiger partial charge in [0.25, 0.3) is 11.5 Å². The molecular formula is C20H16ClN5O3S. The van der Waals surface area contributed by atoms with Gasteiger partial charge in [0.2, 0.25) is 0 Å². The number of aryl methyl sites for hydroxylation is 1. The number of nitrogens with one attached hydrogen (secondary N) is 1. The van der Waals surface area contributed by atoms with E-state index >= 15 is 0 Å². The minimum Gasteiger partial charge on any atom is -0.296 e. The third-order valence-electron chi connectivity index (χ3n) is 4.58. The largest absolute Gasteiger partial charge is 0.332 e. The van der Waals surface area contributed by atoms with Crippen molar-refractivity contribution < 1.29 is 4.79 Å². The summed E-state index contributed by atoms with van der Waals surface area (Å²) in [5.41, 5.74) is 0.304. The summed E-state index contributed by atoms with van der Waals surface area (Å²) in [5.74, 6) is -0.478. The number of anilines is 1. The number of carbonyl (C=O) groups excluding carboxylic acids is 1. The summed E-state index contributed by atoms with van der Waals surface area (Å²) in [6.07, 6.45) is 2.34. The predicted octanol–water partition coefficient (Wildman–Crippen LogP) is 2.59.